The normalized spacial score (nSPS) is 13.4. The minimum atomic E-state index is -0.426. The van der Waals surface area contributed by atoms with E-state index in [1.165, 1.54) is 0 Å². The van der Waals surface area contributed by atoms with Crippen molar-refractivity contribution >= 4 is 11.3 Å². The number of aromatic nitrogens is 1. The van der Waals surface area contributed by atoms with Crippen molar-refractivity contribution in [3.05, 3.63) is 16.6 Å². The van der Waals surface area contributed by atoms with Crippen LogP contribution in [0.4, 0.5) is 0 Å². The fraction of sp³-hybridized carbons (Fsp3) is 0.667. The molecule has 0 fully saturated rings. The number of rotatable bonds is 6. The van der Waals surface area contributed by atoms with Crippen LogP contribution < -0.4 is 0 Å². The highest BCUT2D eigenvalue weighted by atomic mass is 32.1. The lowest BCUT2D eigenvalue weighted by Gasteiger charge is -2.18. The van der Waals surface area contributed by atoms with E-state index in [-0.39, 0.29) is 0 Å². The zero-order chi connectivity index (χ0) is 10.4. The van der Waals surface area contributed by atoms with E-state index in [1.807, 2.05) is 17.3 Å². The smallest absolute Gasteiger partial charge is 0.107 e. The van der Waals surface area contributed by atoms with Crippen LogP contribution in [0, 0.1) is 0 Å². The Hall–Kier alpha value is -0.490. The fourth-order valence-corrected chi connectivity index (χ4v) is 1.93. The second kappa shape index (κ2) is 6.08. The summed E-state index contributed by atoms with van der Waals surface area (Å²) >= 11 is 1.63. The maximum absolute atomic E-state index is 9.46. The van der Waals surface area contributed by atoms with Gasteiger partial charge in [0.1, 0.15) is 5.01 Å². The molecule has 1 rings (SSSR count). The summed E-state index contributed by atoms with van der Waals surface area (Å²) in [5.74, 6) is 0. The highest BCUT2D eigenvalue weighted by molar-refractivity contribution is 7.09. The molecule has 1 atom stereocenters. The predicted octanol–water partition coefficient (Wildman–Crippen LogP) is 0.582. The molecule has 0 aliphatic heterocycles. The summed E-state index contributed by atoms with van der Waals surface area (Å²) in [7, 11) is 3.55. The van der Waals surface area contributed by atoms with E-state index in [0.29, 0.717) is 13.2 Å². The molecule has 0 aliphatic carbocycles. The maximum Gasteiger partial charge on any atom is 0.107 e. The van der Waals surface area contributed by atoms with E-state index in [0.717, 1.165) is 11.6 Å². The third-order valence-corrected chi connectivity index (χ3v) is 2.53. The lowest BCUT2D eigenvalue weighted by Crippen LogP contribution is -2.31. The van der Waals surface area contributed by atoms with Crippen molar-refractivity contribution in [2.75, 3.05) is 27.3 Å². The van der Waals surface area contributed by atoms with Gasteiger partial charge >= 0.3 is 0 Å². The first kappa shape index (κ1) is 11.6. The summed E-state index contributed by atoms with van der Waals surface area (Å²) in [4.78, 5) is 6.20. The summed E-state index contributed by atoms with van der Waals surface area (Å²) < 4.78 is 4.85. The molecule has 0 aliphatic rings. The van der Waals surface area contributed by atoms with Crippen molar-refractivity contribution in [3.8, 4) is 0 Å². The maximum atomic E-state index is 9.46. The third-order valence-electron chi connectivity index (χ3n) is 1.77. The van der Waals surface area contributed by atoms with E-state index < -0.39 is 6.10 Å². The van der Waals surface area contributed by atoms with Crippen molar-refractivity contribution in [3.63, 3.8) is 0 Å². The van der Waals surface area contributed by atoms with Crippen molar-refractivity contribution < 1.29 is 9.84 Å². The third kappa shape index (κ3) is 4.15. The predicted molar refractivity (Wildman–Crippen MR) is 56.3 cm³/mol. The molecule has 1 aromatic rings. The summed E-state index contributed by atoms with van der Waals surface area (Å²) in [5.41, 5.74) is 0. The molecule has 0 saturated heterocycles. The van der Waals surface area contributed by atoms with E-state index in [2.05, 4.69) is 4.98 Å². The molecular weight excluding hydrogens is 200 g/mol. The molecular formula is C9H16N2O2S. The van der Waals surface area contributed by atoms with E-state index in [4.69, 9.17) is 4.74 Å². The largest absolute Gasteiger partial charge is 0.389 e. The Bertz CT molecular complexity index is 241. The van der Waals surface area contributed by atoms with Gasteiger partial charge in [-0.1, -0.05) is 0 Å². The zero-order valence-electron chi connectivity index (χ0n) is 8.51. The number of thiazole rings is 1. The molecule has 14 heavy (non-hydrogen) atoms. The summed E-state index contributed by atoms with van der Waals surface area (Å²) in [6, 6.07) is 0. The van der Waals surface area contributed by atoms with Crippen LogP contribution in [0.3, 0.4) is 0 Å². The Balaban J connectivity index is 2.25. The first-order valence-electron chi connectivity index (χ1n) is 4.46. The van der Waals surface area contributed by atoms with Crippen LogP contribution in [0.5, 0.6) is 0 Å². The van der Waals surface area contributed by atoms with Gasteiger partial charge in [0.2, 0.25) is 0 Å². The zero-order valence-corrected chi connectivity index (χ0v) is 9.33. The van der Waals surface area contributed by atoms with Gasteiger partial charge in [-0.15, -0.1) is 11.3 Å². The number of aliphatic hydroxyl groups is 1. The van der Waals surface area contributed by atoms with Gasteiger partial charge < -0.3 is 9.84 Å². The number of likely N-dealkylation sites (N-methyl/N-ethyl adjacent to an activating group) is 1. The molecule has 0 amide bonds. The van der Waals surface area contributed by atoms with Crippen LogP contribution in [0.25, 0.3) is 0 Å². The van der Waals surface area contributed by atoms with Crippen LogP contribution in [0.1, 0.15) is 5.01 Å². The average molecular weight is 216 g/mol. The summed E-state index contributed by atoms with van der Waals surface area (Å²) in [6.07, 6.45) is 1.37. The van der Waals surface area contributed by atoms with Gasteiger partial charge in [0.15, 0.2) is 0 Å². The Morgan fingerprint density at radius 2 is 2.50 bits per heavy atom. The average Bonchev–Trinajstić information content (AvgIpc) is 2.56. The van der Waals surface area contributed by atoms with Crippen LogP contribution in [0.15, 0.2) is 11.6 Å². The molecule has 0 aromatic carbocycles. The molecule has 0 saturated carbocycles. The lowest BCUT2D eigenvalue weighted by molar-refractivity contribution is 0.0419. The number of hydrogen-bond donors (Lipinski definition) is 1. The first-order chi connectivity index (χ1) is 6.72. The number of ether oxygens (including phenoxy) is 1. The van der Waals surface area contributed by atoms with Crippen molar-refractivity contribution in [1.82, 2.24) is 9.88 Å². The number of methoxy groups -OCH3 is 1. The Morgan fingerprint density at radius 1 is 1.71 bits per heavy atom. The molecule has 1 heterocycles. The van der Waals surface area contributed by atoms with Crippen molar-refractivity contribution in [2.24, 2.45) is 0 Å². The topological polar surface area (TPSA) is 45.6 Å². The SMILES string of the molecule is COCC(O)CN(C)Cc1nccs1. The second-order valence-corrected chi connectivity index (χ2v) is 4.21. The van der Waals surface area contributed by atoms with Gasteiger partial charge in [-0.2, -0.15) is 0 Å². The number of aliphatic hydroxyl groups excluding tert-OH is 1. The molecule has 1 N–H and O–H groups in total. The second-order valence-electron chi connectivity index (χ2n) is 3.23. The fourth-order valence-electron chi connectivity index (χ4n) is 1.23. The highest BCUT2D eigenvalue weighted by Gasteiger charge is 2.08. The van der Waals surface area contributed by atoms with E-state index in [9.17, 15) is 5.11 Å². The molecule has 1 aromatic heterocycles. The molecule has 80 valence electrons. The summed E-state index contributed by atoms with van der Waals surface area (Å²) in [6.45, 7) is 1.76. The molecule has 1 unspecified atom stereocenters. The van der Waals surface area contributed by atoms with Gasteiger partial charge in [-0.3, -0.25) is 4.90 Å². The monoisotopic (exact) mass is 216 g/mol. The first-order valence-corrected chi connectivity index (χ1v) is 5.34. The minimum absolute atomic E-state index is 0.377. The minimum Gasteiger partial charge on any atom is -0.389 e. The lowest BCUT2D eigenvalue weighted by atomic mass is 10.3. The van der Waals surface area contributed by atoms with Crippen molar-refractivity contribution in [1.29, 1.82) is 0 Å². The van der Waals surface area contributed by atoms with Crippen LogP contribution >= 0.6 is 11.3 Å². The quantitative estimate of drug-likeness (QED) is 0.755. The standard InChI is InChI=1S/C9H16N2O2S/c1-11(5-8(12)7-13-2)6-9-10-3-4-14-9/h3-4,8,12H,5-7H2,1-2H3. The molecule has 4 nitrogen and oxygen atoms in total. The molecule has 0 bridgehead atoms. The van der Waals surface area contributed by atoms with Gasteiger partial charge in [-0.05, 0) is 7.05 Å². The molecule has 0 radical (unpaired) electrons. The van der Waals surface area contributed by atoms with Gasteiger partial charge in [0, 0.05) is 25.2 Å². The van der Waals surface area contributed by atoms with Crippen molar-refractivity contribution in [2.45, 2.75) is 12.6 Å². The molecule has 0 spiro atoms. The number of nitrogens with zero attached hydrogens (tertiary/aromatic N) is 2. The van der Waals surface area contributed by atoms with E-state index >= 15 is 0 Å². The Labute approximate surface area is 88.1 Å². The Kier molecular flexibility index (Phi) is 5.03. The Morgan fingerprint density at radius 3 is 3.07 bits per heavy atom. The summed E-state index contributed by atoms with van der Waals surface area (Å²) in [5, 5.41) is 12.5. The van der Waals surface area contributed by atoms with Gasteiger partial charge in [0.25, 0.3) is 0 Å². The van der Waals surface area contributed by atoms with Gasteiger partial charge in [-0.25, -0.2) is 4.98 Å². The van der Waals surface area contributed by atoms with Gasteiger partial charge in [0.05, 0.1) is 19.3 Å². The van der Waals surface area contributed by atoms with Crippen LogP contribution in [-0.2, 0) is 11.3 Å². The van der Waals surface area contributed by atoms with E-state index in [1.54, 1.807) is 24.6 Å². The molecule has 5 heteroatoms. The number of hydrogen-bond acceptors (Lipinski definition) is 5. The van der Waals surface area contributed by atoms with Crippen LogP contribution in [-0.4, -0.2) is 48.4 Å². The highest BCUT2D eigenvalue weighted by Crippen LogP contribution is 2.06. The van der Waals surface area contributed by atoms with Crippen LogP contribution in [0.2, 0.25) is 0 Å².